The lowest BCUT2D eigenvalue weighted by molar-refractivity contribution is -0.862. The molecule has 0 aliphatic carbocycles. The average molecular weight is 411 g/mol. The summed E-state index contributed by atoms with van der Waals surface area (Å²) in [5.41, 5.74) is 3.99. The summed E-state index contributed by atoms with van der Waals surface area (Å²) < 4.78 is 23.4. The molecule has 7 nitrogen and oxygen atoms in total. The fourth-order valence-electron chi connectivity index (χ4n) is 3.92. The molecule has 2 N–H and O–H groups in total. The maximum absolute atomic E-state index is 12.6. The highest BCUT2D eigenvalue weighted by molar-refractivity contribution is 7.91. The van der Waals surface area contributed by atoms with E-state index in [-0.39, 0.29) is 42.5 Å². The van der Waals surface area contributed by atoms with Gasteiger partial charge in [0, 0.05) is 18.3 Å². The molecule has 1 heterocycles. The number of carbonyl (C=O) groups excluding carboxylic acids is 2. The predicted molar refractivity (Wildman–Crippen MR) is 110 cm³/mol. The summed E-state index contributed by atoms with van der Waals surface area (Å²) in [6, 6.07) is 3.80. The van der Waals surface area contributed by atoms with Crippen LogP contribution in [-0.2, 0) is 19.4 Å². The Bertz CT molecular complexity index is 828. The number of nitrogens with one attached hydrogen (secondary N) is 2. The Morgan fingerprint density at radius 3 is 2.29 bits per heavy atom. The smallest absolute Gasteiger partial charge is 0.279 e. The molecule has 0 aromatic heterocycles. The number of benzene rings is 1. The number of hydrogen-bond acceptors (Lipinski definition) is 4. The Balaban J connectivity index is 1.93. The maximum atomic E-state index is 12.6. The second-order valence-corrected chi connectivity index (χ2v) is 10.1. The highest BCUT2D eigenvalue weighted by atomic mass is 32.2. The van der Waals surface area contributed by atoms with Gasteiger partial charge in [0.05, 0.1) is 18.6 Å². The number of sulfone groups is 1. The van der Waals surface area contributed by atoms with Crippen molar-refractivity contribution in [3.63, 3.8) is 0 Å². The molecule has 1 aromatic rings. The summed E-state index contributed by atoms with van der Waals surface area (Å²) in [7, 11) is -1.25. The van der Waals surface area contributed by atoms with E-state index in [1.165, 1.54) is 0 Å². The lowest BCUT2D eigenvalue weighted by Crippen LogP contribution is -3.11. The van der Waals surface area contributed by atoms with Gasteiger partial charge in [-0.2, -0.15) is 0 Å². The minimum atomic E-state index is -3.04. The summed E-state index contributed by atoms with van der Waals surface area (Å²) in [5.74, 6) is -0.0793. The number of rotatable bonds is 7. The lowest BCUT2D eigenvalue weighted by atomic mass is 10.1. The standard InChI is InChI=1S/C20H31N3O4S/c1-6-23(17-7-8-28(26,27)13-17)19(25)12-22(5)11-18(24)21-20-15(3)9-14(2)10-16(20)4/h9-10,17H,6-8,11-13H2,1-5H3,(H,21,24)/p+1/t17-/m0/s1. The molecule has 0 spiro atoms. The zero-order chi connectivity index (χ0) is 21.1. The number of carbonyl (C=O) groups is 2. The fraction of sp³-hybridized carbons (Fsp3) is 0.600. The second kappa shape index (κ2) is 9.05. The third-order valence-electron chi connectivity index (χ3n) is 5.17. The van der Waals surface area contributed by atoms with Crippen LogP contribution in [0.3, 0.4) is 0 Å². The van der Waals surface area contributed by atoms with E-state index < -0.39 is 9.84 Å². The molecule has 2 rings (SSSR count). The van der Waals surface area contributed by atoms with Crippen molar-refractivity contribution in [1.82, 2.24) is 4.90 Å². The van der Waals surface area contributed by atoms with E-state index >= 15 is 0 Å². The van der Waals surface area contributed by atoms with Crippen LogP contribution in [0.4, 0.5) is 5.69 Å². The molecular weight excluding hydrogens is 378 g/mol. The van der Waals surface area contributed by atoms with Gasteiger partial charge in [-0.3, -0.25) is 9.59 Å². The van der Waals surface area contributed by atoms with Crippen LogP contribution < -0.4 is 10.2 Å². The summed E-state index contributed by atoms with van der Waals surface area (Å²) in [5, 5.41) is 2.95. The molecule has 1 unspecified atom stereocenters. The second-order valence-electron chi connectivity index (χ2n) is 7.87. The van der Waals surface area contributed by atoms with E-state index in [4.69, 9.17) is 0 Å². The molecule has 8 heteroatoms. The summed E-state index contributed by atoms with van der Waals surface area (Å²) >= 11 is 0. The third-order valence-corrected chi connectivity index (χ3v) is 6.92. The molecule has 2 amide bonds. The third kappa shape index (κ3) is 5.78. The molecule has 28 heavy (non-hydrogen) atoms. The van der Waals surface area contributed by atoms with Crippen LogP contribution in [0, 0.1) is 20.8 Å². The van der Waals surface area contributed by atoms with Crippen LogP contribution in [0.15, 0.2) is 12.1 Å². The fourth-order valence-corrected chi connectivity index (χ4v) is 5.65. The van der Waals surface area contributed by atoms with Gasteiger partial charge in [-0.05, 0) is 45.2 Å². The zero-order valence-electron chi connectivity index (χ0n) is 17.5. The SMILES string of the molecule is CCN(C(=O)C[NH+](C)CC(=O)Nc1c(C)cc(C)cc1C)[C@H]1CCS(=O)(=O)C1. The number of likely N-dealkylation sites (N-methyl/N-ethyl adjacent to an activating group) is 2. The number of anilines is 1. The molecule has 1 saturated heterocycles. The van der Waals surface area contributed by atoms with Crippen LogP contribution in [0.1, 0.15) is 30.0 Å². The van der Waals surface area contributed by atoms with Crippen molar-refractivity contribution in [2.45, 2.75) is 40.2 Å². The number of aryl methyl sites for hydroxylation is 3. The van der Waals surface area contributed by atoms with Crippen LogP contribution in [-0.4, -0.2) is 69.4 Å². The lowest BCUT2D eigenvalue weighted by Gasteiger charge is -2.27. The summed E-state index contributed by atoms with van der Waals surface area (Å²) in [4.78, 5) is 27.5. The van der Waals surface area contributed by atoms with Gasteiger partial charge in [0.1, 0.15) is 0 Å². The van der Waals surface area contributed by atoms with E-state index in [1.807, 2.05) is 39.8 Å². The van der Waals surface area contributed by atoms with E-state index in [0.717, 1.165) is 27.3 Å². The first-order chi connectivity index (χ1) is 13.0. The summed E-state index contributed by atoms with van der Waals surface area (Å²) in [6.07, 6.45) is 0.493. The molecule has 1 fully saturated rings. The number of nitrogens with zero attached hydrogens (tertiary/aromatic N) is 1. The summed E-state index contributed by atoms with van der Waals surface area (Å²) in [6.45, 7) is 8.59. The van der Waals surface area contributed by atoms with E-state index in [0.29, 0.717) is 13.0 Å². The highest BCUT2D eigenvalue weighted by Gasteiger charge is 2.34. The van der Waals surface area contributed by atoms with Gasteiger partial charge in [-0.1, -0.05) is 17.7 Å². The average Bonchev–Trinajstić information content (AvgIpc) is 2.91. The normalized spacial score (nSPS) is 19.2. The van der Waals surface area contributed by atoms with Gasteiger partial charge in [0.25, 0.3) is 11.8 Å². The zero-order valence-corrected chi connectivity index (χ0v) is 18.3. The van der Waals surface area contributed by atoms with Gasteiger partial charge in [0.2, 0.25) is 0 Å². The molecule has 156 valence electrons. The van der Waals surface area contributed by atoms with Crippen molar-refractivity contribution in [1.29, 1.82) is 0 Å². The Labute approximate surface area is 168 Å². The number of amides is 2. The molecule has 0 radical (unpaired) electrons. The first-order valence-corrected chi connectivity index (χ1v) is 11.5. The Hall–Kier alpha value is -1.93. The van der Waals surface area contributed by atoms with Crippen LogP contribution in [0.2, 0.25) is 0 Å². The van der Waals surface area contributed by atoms with Crippen LogP contribution in [0.25, 0.3) is 0 Å². The molecule has 0 saturated carbocycles. The topological polar surface area (TPSA) is 88.0 Å². The first kappa shape index (κ1) is 22.4. The molecular formula is C20H32N3O4S+. The van der Waals surface area contributed by atoms with Gasteiger partial charge in [-0.15, -0.1) is 0 Å². The van der Waals surface area contributed by atoms with Crippen molar-refractivity contribution < 1.29 is 22.9 Å². The van der Waals surface area contributed by atoms with Crippen molar-refractivity contribution >= 4 is 27.3 Å². The monoisotopic (exact) mass is 410 g/mol. The number of quaternary nitrogens is 1. The Morgan fingerprint density at radius 2 is 1.79 bits per heavy atom. The first-order valence-electron chi connectivity index (χ1n) is 9.71. The van der Waals surface area contributed by atoms with Crippen LogP contribution >= 0.6 is 0 Å². The number of hydrogen-bond donors (Lipinski definition) is 2. The van der Waals surface area contributed by atoms with Gasteiger partial charge >= 0.3 is 0 Å². The van der Waals surface area contributed by atoms with E-state index in [9.17, 15) is 18.0 Å². The molecule has 2 atom stereocenters. The van der Waals surface area contributed by atoms with Crippen molar-refractivity contribution in [2.24, 2.45) is 0 Å². The molecule has 1 aliphatic heterocycles. The van der Waals surface area contributed by atoms with Gasteiger partial charge in [0.15, 0.2) is 22.9 Å². The maximum Gasteiger partial charge on any atom is 0.279 e. The van der Waals surface area contributed by atoms with Crippen molar-refractivity contribution in [3.8, 4) is 0 Å². The van der Waals surface area contributed by atoms with Gasteiger partial charge < -0.3 is 15.1 Å². The quantitative estimate of drug-likeness (QED) is 0.667. The van der Waals surface area contributed by atoms with Crippen molar-refractivity contribution in [2.75, 3.05) is 43.5 Å². The molecule has 1 aromatic carbocycles. The van der Waals surface area contributed by atoms with E-state index in [1.54, 1.807) is 11.9 Å². The van der Waals surface area contributed by atoms with Crippen LogP contribution in [0.5, 0.6) is 0 Å². The minimum absolute atomic E-state index is 0.0398. The van der Waals surface area contributed by atoms with E-state index in [2.05, 4.69) is 5.32 Å². The molecule has 1 aliphatic rings. The molecule has 0 bridgehead atoms. The minimum Gasteiger partial charge on any atom is -0.334 e. The highest BCUT2D eigenvalue weighted by Crippen LogP contribution is 2.21. The Morgan fingerprint density at radius 1 is 1.18 bits per heavy atom. The van der Waals surface area contributed by atoms with Gasteiger partial charge in [-0.25, -0.2) is 8.42 Å². The predicted octanol–water partition coefficient (Wildman–Crippen LogP) is 0.101. The Kier molecular flexibility index (Phi) is 7.22. The van der Waals surface area contributed by atoms with Crippen molar-refractivity contribution in [3.05, 3.63) is 28.8 Å². The largest absolute Gasteiger partial charge is 0.334 e.